The van der Waals surface area contributed by atoms with Crippen molar-refractivity contribution in [3.63, 3.8) is 0 Å². The molecule has 1 saturated heterocycles. The molecule has 1 unspecified atom stereocenters. The first-order valence-electron chi connectivity index (χ1n) is 8.47. The third-order valence-electron chi connectivity index (χ3n) is 4.80. The lowest BCUT2D eigenvalue weighted by molar-refractivity contribution is 0.232. The van der Waals surface area contributed by atoms with Crippen LogP contribution >= 0.6 is 0 Å². The maximum atomic E-state index is 4.59. The van der Waals surface area contributed by atoms with Gasteiger partial charge in [-0.25, -0.2) is 4.98 Å². The van der Waals surface area contributed by atoms with Crippen LogP contribution in [0.5, 0.6) is 0 Å². The van der Waals surface area contributed by atoms with Crippen molar-refractivity contribution in [2.24, 2.45) is 0 Å². The van der Waals surface area contributed by atoms with Crippen LogP contribution in [-0.4, -0.2) is 48.1 Å². The van der Waals surface area contributed by atoms with Crippen molar-refractivity contribution in [2.45, 2.75) is 51.7 Å². The van der Waals surface area contributed by atoms with E-state index in [0.717, 1.165) is 44.6 Å². The molecule has 1 aliphatic heterocycles. The van der Waals surface area contributed by atoms with Crippen molar-refractivity contribution in [2.75, 3.05) is 31.1 Å². The Balaban J connectivity index is 1.59. The van der Waals surface area contributed by atoms with Gasteiger partial charge >= 0.3 is 0 Å². The summed E-state index contributed by atoms with van der Waals surface area (Å²) in [4.78, 5) is 9.61. The molecule has 0 aromatic carbocycles. The lowest BCUT2D eigenvalue weighted by Gasteiger charge is -2.26. The Morgan fingerprint density at radius 2 is 2.10 bits per heavy atom. The number of anilines is 1. The number of nitrogens with zero attached hydrogens (tertiary/aromatic N) is 3. The van der Waals surface area contributed by atoms with Gasteiger partial charge in [-0.1, -0.05) is 13.8 Å². The topological polar surface area (TPSA) is 31.4 Å². The van der Waals surface area contributed by atoms with Gasteiger partial charge in [0.15, 0.2) is 0 Å². The second-order valence-electron chi connectivity index (χ2n) is 6.29. The molecule has 1 atom stereocenters. The van der Waals surface area contributed by atoms with Crippen molar-refractivity contribution in [1.82, 2.24) is 15.2 Å². The number of aromatic nitrogens is 1. The molecular weight excluding hydrogens is 260 g/mol. The lowest BCUT2D eigenvalue weighted by atomic mass is 10.2. The van der Waals surface area contributed by atoms with E-state index < -0.39 is 0 Å². The molecule has 1 aromatic heterocycles. The Morgan fingerprint density at radius 1 is 1.29 bits per heavy atom. The molecule has 4 nitrogen and oxygen atoms in total. The quantitative estimate of drug-likeness (QED) is 0.834. The maximum absolute atomic E-state index is 4.59. The highest BCUT2D eigenvalue weighted by atomic mass is 15.3. The summed E-state index contributed by atoms with van der Waals surface area (Å²) >= 11 is 0. The molecule has 21 heavy (non-hydrogen) atoms. The monoisotopic (exact) mass is 288 g/mol. The smallest absolute Gasteiger partial charge is 0.128 e. The van der Waals surface area contributed by atoms with E-state index in [4.69, 9.17) is 0 Å². The summed E-state index contributed by atoms with van der Waals surface area (Å²) in [5.74, 6) is 1.15. The van der Waals surface area contributed by atoms with Gasteiger partial charge in [-0.05, 0) is 50.0 Å². The third-order valence-corrected chi connectivity index (χ3v) is 4.80. The Hall–Kier alpha value is -1.13. The number of hydrogen-bond acceptors (Lipinski definition) is 4. The maximum Gasteiger partial charge on any atom is 0.128 e. The normalized spacial score (nSPS) is 22.2. The molecule has 0 spiro atoms. The molecule has 0 amide bonds. The zero-order valence-corrected chi connectivity index (χ0v) is 13.4. The molecule has 2 fully saturated rings. The Morgan fingerprint density at radius 3 is 2.81 bits per heavy atom. The van der Waals surface area contributed by atoms with Crippen LogP contribution in [0, 0.1) is 0 Å². The molecule has 1 aliphatic carbocycles. The molecule has 116 valence electrons. The van der Waals surface area contributed by atoms with E-state index >= 15 is 0 Å². The van der Waals surface area contributed by atoms with E-state index in [1.807, 2.05) is 6.20 Å². The summed E-state index contributed by atoms with van der Waals surface area (Å²) in [6, 6.07) is 5.85. The van der Waals surface area contributed by atoms with Gasteiger partial charge in [-0.3, -0.25) is 4.90 Å². The van der Waals surface area contributed by atoms with E-state index in [2.05, 4.69) is 46.1 Å². The largest absolute Gasteiger partial charge is 0.355 e. The zero-order valence-electron chi connectivity index (χ0n) is 13.4. The first-order chi connectivity index (χ1) is 10.3. The highest BCUT2D eigenvalue weighted by molar-refractivity contribution is 5.42. The Kier molecular flexibility index (Phi) is 4.76. The molecule has 1 saturated carbocycles. The van der Waals surface area contributed by atoms with E-state index in [-0.39, 0.29) is 0 Å². The van der Waals surface area contributed by atoms with Crippen LogP contribution in [0.1, 0.15) is 38.7 Å². The molecule has 2 aliphatic rings. The van der Waals surface area contributed by atoms with Gasteiger partial charge in [0.1, 0.15) is 5.82 Å². The minimum atomic E-state index is 0.690. The molecule has 4 heteroatoms. The molecule has 2 heterocycles. The van der Waals surface area contributed by atoms with E-state index in [0.29, 0.717) is 6.04 Å². The predicted molar refractivity (Wildman–Crippen MR) is 87.6 cm³/mol. The molecule has 0 bridgehead atoms. The summed E-state index contributed by atoms with van der Waals surface area (Å²) in [7, 11) is 0. The van der Waals surface area contributed by atoms with Gasteiger partial charge < -0.3 is 10.2 Å². The minimum Gasteiger partial charge on any atom is -0.355 e. The highest BCUT2D eigenvalue weighted by Gasteiger charge is 2.27. The molecule has 0 radical (unpaired) electrons. The molecular formula is C17H28N4. The van der Waals surface area contributed by atoms with Crippen LogP contribution < -0.4 is 10.2 Å². The van der Waals surface area contributed by atoms with Gasteiger partial charge in [0, 0.05) is 37.9 Å². The van der Waals surface area contributed by atoms with Gasteiger partial charge in [0.05, 0.1) is 0 Å². The van der Waals surface area contributed by atoms with E-state index in [1.54, 1.807) is 0 Å². The first kappa shape index (κ1) is 14.8. The van der Waals surface area contributed by atoms with Gasteiger partial charge in [0.25, 0.3) is 0 Å². The van der Waals surface area contributed by atoms with Crippen molar-refractivity contribution in [3.8, 4) is 0 Å². The number of likely N-dealkylation sites (N-methyl/N-ethyl adjacent to an activating group) is 1. The summed E-state index contributed by atoms with van der Waals surface area (Å²) in [5, 5.41) is 3.58. The van der Waals surface area contributed by atoms with Crippen LogP contribution in [0.15, 0.2) is 18.3 Å². The van der Waals surface area contributed by atoms with Gasteiger partial charge in [0.2, 0.25) is 0 Å². The second-order valence-corrected chi connectivity index (χ2v) is 6.29. The van der Waals surface area contributed by atoms with E-state index in [9.17, 15) is 0 Å². The van der Waals surface area contributed by atoms with Crippen molar-refractivity contribution >= 4 is 5.82 Å². The number of rotatable bonds is 7. The van der Waals surface area contributed by atoms with Crippen LogP contribution in [0.2, 0.25) is 0 Å². The van der Waals surface area contributed by atoms with Gasteiger partial charge in [-0.2, -0.15) is 0 Å². The molecule has 1 aromatic rings. The molecule has 3 rings (SSSR count). The van der Waals surface area contributed by atoms with Crippen LogP contribution in [0.4, 0.5) is 5.82 Å². The fourth-order valence-electron chi connectivity index (χ4n) is 3.28. The summed E-state index contributed by atoms with van der Waals surface area (Å²) in [6.45, 7) is 10.0. The Bertz CT molecular complexity index is 454. The number of hydrogen-bond donors (Lipinski definition) is 1. The zero-order chi connectivity index (χ0) is 14.7. The average molecular weight is 288 g/mol. The standard InChI is InChI=1S/C17H28N4/c1-3-20(4-2)16-8-10-21(13-16)17-11-14(7-9-18-17)12-19-15-5-6-15/h7,9,11,15-16,19H,3-6,8,10,12-13H2,1-2H3. The van der Waals surface area contributed by atoms with Crippen LogP contribution in [0.3, 0.4) is 0 Å². The molecule has 1 N–H and O–H groups in total. The fourth-order valence-corrected chi connectivity index (χ4v) is 3.28. The van der Waals surface area contributed by atoms with Crippen molar-refractivity contribution in [3.05, 3.63) is 23.9 Å². The SMILES string of the molecule is CCN(CC)C1CCN(c2cc(CNC3CC3)ccn2)C1. The predicted octanol–water partition coefficient (Wildman–Crippen LogP) is 2.25. The summed E-state index contributed by atoms with van der Waals surface area (Å²) < 4.78 is 0. The second kappa shape index (κ2) is 6.75. The highest BCUT2D eigenvalue weighted by Crippen LogP contribution is 2.23. The summed E-state index contributed by atoms with van der Waals surface area (Å²) in [5.41, 5.74) is 1.36. The van der Waals surface area contributed by atoms with E-state index in [1.165, 1.54) is 24.8 Å². The lowest BCUT2D eigenvalue weighted by Crippen LogP contribution is -2.37. The summed E-state index contributed by atoms with van der Waals surface area (Å²) in [6.07, 6.45) is 5.91. The Labute approximate surface area is 128 Å². The van der Waals surface area contributed by atoms with Crippen LogP contribution in [0.25, 0.3) is 0 Å². The first-order valence-corrected chi connectivity index (χ1v) is 8.47. The number of nitrogens with one attached hydrogen (secondary N) is 1. The van der Waals surface area contributed by atoms with Crippen LogP contribution in [-0.2, 0) is 6.54 Å². The van der Waals surface area contributed by atoms with Crippen molar-refractivity contribution in [1.29, 1.82) is 0 Å². The minimum absolute atomic E-state index is 0.690. The van der Waals surface area contributed by atoms with Gasteiger partial charge in [-0.15, -0.1) is 0 Å². The third kappa shape index (κ3) is 3.74. The fraction of sp³-hybridized carbons (Fsp3) is 0.706. The average Bonchev–Trinajstić information content (AvgIpc) is 3.23. The van der Waals surface area contributed by atoms with Crippen molar-refractivity contribution < 1.29 is 0 Å². The number of pyridine rings is 1.